The molecule has 1 aromatic carbocycles. The molecular weight excluding hydrogens is 364 g/mol. The lowest BCUT2D eigenvalue weighted by atomic mass is 10.2. The lowest BCUT2D eigenvalue weighted by Crippen LogP contribution is -2.32. The number of urea groups is 1. The molecule has 28 heavy (non-hydrogen) atoms. The van der Waals surface area contributed by atoms with Crippen LogP contribution in [0.4, 0.5) is 22.0 Å². The first-order valence-corrected chi connectivity index (χ1v) is 8.57. The molecule has 0 spiro atoms. The summed E-state index contributed by atoms with van der Waals surface area (Å²) in [5.74, 6) is 2.01. The lowest BCUT2D eigenvalue weighted by molar-refractivity contribution is 0.252. The lowest BCUT2D eigenvalue weighted by Gasteiger charge is -2.15. The van der Waals surface area contributed by atoms with Crippen LogP contribution in [-0.4, -0.2) is 64.7 Å². The van der Waals surface area contributed by atoms with E-state index in [0.717, 1.165) is 5.69 Å². The van der Waals surface area contributed by atoms with Crippen LogP contribution in [0.2, 0.25) is 0 Å². The quantitative estimate of drug-likeness (QED) is 0.556. The molecule has 0 radical (unpaired) electrons. The van der Waals surface area contributed by atoms with Gasteiger partial charge in [-0.05, 0) is 0 Å². The van der Waals surface area contributed by atoms with Crippen LogP contribution in [0.25, 0.3) is 0 Å². The average Bonchev–Trinajstić information content (AvgIpc) is 2.70. The molecule has 0 saturated carbocycles. The van der Waals surface area contributed by atoms with Gasteiger partial charge in [0.15, 0.2) is 17.3 Å². The Morgan fingerprint density at radius 3 is 2.29 bits per heavy atom. The van der Waals surface area contributed by atoms with Gasteiger partial charge < -0.3 is 35.1 Å². The minimum atomic E-state index is -0.357. The van der Waals surface area contributed by atoms with E-state index in [1.807, 2.05) is 25.1 Å². The van der Waals surface area contributed by atoms with Crippen molar-refractivity contribution in [3.05, 3.63) is 24.4 Å². The van der Waals surface area contributed by atoms with Crippen molar-refractivity contribution in [1.82, 2.24) is 15.5 Å². The third-order valence-corrected chi connectivity index (χ3v) is 3.80. The van der Waals surface area contributed by atoms with Crippen LogP contribution >= 0.6 is 0 Å². The molecule has 2 rings (SSSR count). The Morgan fingerprint density at radius 1 is 1.04 bits per heavy atom. The van der Waals surface area contributed by atoms with Crippen molar-refractivity contribution in [2.75, 3.05) is 64.0 Å². The summed E-state index contributed by atoms with van der Waals surface area (Å²) in [7, 11) is 8.40. The number of rotatable bonds is 9. The Bertz CT molecular complexity index is 774. The Labute approximate surface area is 164 Å². The normalized spacial score (nSPS) is 10.0. The van der Waals surface area contributed by atoms with Crippen LogP contribution < -0.4 is 35.1 Å². The molecule has 0 fully saturated rings. The maximum absolute atomic E-state index is 12.1. The summed E-state index contributed by atoms with van der Waals surface area (Å²) in [4.78, 5) is 14.1. The molecule has 3 N–H and O–H groups in total. The first-order valence-electron chi connectivity index (χ1n) is 8.57. The third kappa shape index (κ3) is 5.53. The van der Waals surface area contributed by atoms with Gasteiger partial charge in [-0.2, -0.15) is 5.10 Å². The number of nitrogens with zero attached hydrogens (tertiary/aromatic N) is 3. The van der Waals surface area contributed by atoms with Gasteiger partial charge >= 0.3 is 6.03 Å². The van der Waals surface area contributed by atoms with Crippen molar-refractivity contribution >= 4 is 23.2 Å². The predicted octanol–water partition coefficient (Wildman–Crippen LogP) is 1.80. The second-order valence-corrected chi connectivity index (χ2v) is 5.92. The number of ether oxygens (including phenoxy) is 3. The first-order chi connectivity index (χ1) is 13.5. The first kappa shape index (κ1) is 20.9. The van der Waals surface area contributed by atoms with Crippen LogP contribution in [-0.2, 0) is 0 Å². The highest BCUT2D eigenvalue weighted by Gasteiger charge is 2.14. The van der Waals surface area contributed by atoms with Gasteiger partial charge in [-0.3, -0.25) is 0 Å². The van der Waals surface area contributed by atoms with E-state index in [-0.39, 0.29) is 6.03 Å². The van der Waals surface area contributed by atoms with Crippen molar-refractivity contribution in [1.29, 1.82) is 0 Å². The summed E-state index contributed by atoms with van der Waals surface area (Å²) in [6, 6.07) is 4.83. The summed E-state index contributed by atoms with van der Waals surface area (Å²) < 4.78 is 15.8. The highest BCUT2D eigenvalue weighted by molar-refractivity contribution is 5.90. The molecule has 1 aromatic heterocycles. The van der Waals surface area contributed by atoms with Crippen molar-refractivity contribution < 1.29 is 19.0 Å². The van der Waals surface area contributed by atoms with E-state index in [4.69, 9.17) is 14.2 Å². The van der Waals surface area contributed by atoms with Crippen LogP contribution in [0.1, 0.15) is 0 Å². The highest BCUT2D eigenvalue weighted by atomic mass is 16.5. The van der Waals surface area contributed by atoms with E-state index in [2.05, 4.69) is 26.1 Å². The van der Waals surface area contributed by atoms with Gasteiger partial charge in [0.25, 0.3) is 0 Å². The zero-order chi connectivity index (χ0) is 20.5. The number of methoxy groups -OCH3 is 3. The molecule has 10 nitrogen and oxygen atoms in total. The predicted molar refractivity (Wildman–Crippen MR) is 108 cm³/mol. The smallest absolute Gasteiger partial charge is 0.319 e. The second kappa shape index (κ2) is 10.0. The van der Waals surface area contributed by atoms with E-state index in [9.17, 15) is 4.79 Å². The molecule has 0 aliphatic rings. The number of amides is 2. The van der Waals surface area contributed by atoms with E-state index in [0.29, 0.717) is 41.8 Å². The molecule has 0 bridgehead atoms. The number of benzene rings is 1. The number of hydrogen-bond acceptors (Lipinski definition) is 8. The molecule has 2 amide bonds. The zero-order valence-electron chi connectivity index (χ0n) is 16.7. The van der Waals surface area contributed by atoms with E-state index in [1.165, 1.54) is 21.3 Å². The molecule has 0 saturated heterocycles. The number of anilines is 3. The summed E-state index contributed by atoms with van der Waals surface area (Å²) in [5, 5.41) is 16.5. The fourth-order valence-electron chi connectivity index (χ4n) is 2.38. The van der Waals surface area contributed by atoms with Crippen molar-refractivity contribution in [3.63, 3.8) is 0 Å². The highest BCUT2D eigenvalue weighted by Crippen LogP contribution is 2.39. The van der Waals surface area contributed by atoms with Gasteiger partial charge in [-0.25, -0.2) is 4.79 Å². The van der Waals surface area contributed by atoms with Gasteiger partial charge in [0.2, 0.25) is 5.75 Å². The molecule has 10 heteroatoms. The van der Waals surface area contributed by atoms with Crippen molar-refractivity contribution in [3.8, 4) is 17.2 Å². The van der Waals surface area contributed by atoms with E-state index < -0.39 is 0 Å². The molecule has 0 aliphatic heterocycles. The average molecular weight is 390 g/mol. The molecule has 0 aliphatic carbocycles. The number of hydrogen-bond donors (Lipinski definition) is 3. The van der Waals surface area contributed by atoms with Gasteiger partial charge in [0.1, 0.15) is 0 Å². The Hall–Kier alpha value is -3.43. The molecule has 152 valence electrons. The minimum Gasteiger partial charge on any atom is -0.493 e. The Kier molecular flexibility index (Phi) is 7.49. The summed E-state index contributed by atoms with van der Waals surface area (Å²) in [5.41, 5.74) is 1.45. The number of nitrogens with one attached hydrogen (secondary N) is 3. The maximum atomic E-state index is 12.1. The van der Waals surface area contributed by atoms with Gasteiger partial charge in [0.05, 0.1) is 38.9 Å². The van der Waals surface area contributed by atoms with Gasteiger partial charge in [-0.15, -0.1) is 5.10 Å². The van der Waals surface area contributed by atoms with Gasteiger partial charge in [-0.1, -0.05) is 0 Å². The number of aromatic nitrogens is 2. The topological polar surface area (TPSA) is 110 Å². The Balaban J connectivity index is 1.87. The maximum Gasteiger partial charge on any atom is 0.319 e. The standard InChI is InChI=1S/C18H26N6O4/c1-24(2)13-10-16(23-21-11-13)19-6-7-20-18(25)22-12-8-14(26-3)17(28-5)15(9-12)27-4/h8-11H,6-7H2,1-5H3,(H,19,23)(H2,20,22,25). The van der Waals surface area contributed by atoms with Crippen molar-refractivity contribution in [2.24, 2.45) is 0 Å². The fraction of sp³-hybridized carbons (Fsp3) is 0.389. The zero-order valence-corrected chi connectivity index (χ0v) is 16.7. The monoisotopic (exact) mass is 390 g/mol. The molecule has 0 atom stereocenters. The van der Waals surface area contributed by atoms with E-state index >= 15 is 0 Å². The summed E-state index contributed by atoms with van der Waals surface area (Å²) >= 11 is 0. The van der Waals surface area contributed by atoms with Crippen LogP contribution in [0.3, 0.4) is 0 Å². The number of carbonyl (C=O) groups excluding carboxylic acids is 1. The minimum absolute atomic E-state index is 0.357. The van der Waals surface area contributed by atoms with Crippen molar-refractivity contribution in [2.45, 2.75) is 0 Å². The second-order valence-electron chi connectivity index (χ2n) is 5.92. The largest absolute Gasteiger partial charge is 0.493 e. The number of carbonyl (C=O) groups is 1. The van der Waals surface area contributed by atoms with Gasteiger partial charge in [0, 0.05) is 45.4 Å². The SMILES string of the molecule is COc1cc(NC(=O)NCCNc2cc(N(C)C)cnn2)cc(OC)c1OC. The Morgan fingerprint density at radius 2 is 1.71 bits per heavy atom. The summed E-state index contributed by atoms with van der Waals surface area (Å²) in [6.45, 7) is 0.887. The summed E-state index contributed by atoms with van der Waals surface area (Å²) in [6.07, 6.45) is 1.67. The molecule has 1 heterocycles. The molecular formula is C18H26N6O4. The van der Waals surface area contributed by atoms with Crippen LogP contribution in [0.15, 0.2) is 24.4 Å². The third-order valence-electron chi connectivity index (χ3n) is 3.80. The van der Waals surface area contributed by atoms with Crippen LogP contribution in [0, 0.1) is 0 Å². The van der Waals surface area contributed by atoms with Crippen LogP contribution in [0.5, 0.6) is 17.2 Å². The molecule has 2 aromatic rings. The molecule has 0 unspecified atom stereocenters. The van der Waals surface area contributed by atoms with E-state index in [1.54, 1.807) is 18.3 Å². The fourth-order valence-corrected chi connectivity index (χ4v) is 2.38.